The monoisotopic (exact) mass is 320 g/mol. The first-order valence-corrected chi connectivity index (χ1v) is 8.39. The van der Waals surface area contributed by atoms with Crippen molar-refractivity contribution in [3.8, 4) is 0 Å². The van der Waals surface area contributed by atoms with Crippen LogP contribution in [-0.2, 0) is 14.8 Å². The van der Waals surface area contributed by atoms with Crippen molar-refractivity contribution < 1.29 is 13.2 Å². The number of amides is 1. The van der Waals surface area contributed by atoms with Gasteiger partial charge in [-0.3, -0.25) is 4.79 Å². The van der Waals surface area contributed by atoms with Gasteiger partial charge in [-0.25, -0.2) is 18.1 Å². The van der Waals surface area contributed by atoms with E-state index in [0.717, 1.165) is 5.56 Å². The molecule has 1 aromatic carbocycles. The summed E-state index contributed by atoms with van der Waals surface area (Å²) in [5.41, 5.74) is 0.972. The highest BCUT2D eigenvalue weighted by molar-refractivity contribution is 7.90. The molecule has 2 aliphatic heterocycles. The van der Waals surface area contributed by atoms with Crippen molar-refractivity contribution in [2.75, 3.05) is 0 Å². The highest BCUT2D eigenvalue weighted by Crippen LogP contribution is 2.21. The number of carbonyl (C=O) groups is 1. The van der Waals surface area contributed by atoms with E-state index in [0.29, 0.717) is 12.3 Å². The maximum atomic E-state index is 12.3. The van der Waals surface area contributed by atoms with Gasteiger partial charge in [-0.1, -0.05) is 24.6 Å². The lowest BCUT2D eigenvalue weighted by Gasteiger charge is -2.23. The Morgan fingerprint density at radius 3 is 2.64 bits per heavy atom. The second-order valence-electron chi connectivity index (χ2n) is 5.54. The van der Waals surface area contributed by atoms with Crippen LogP contribution in [0.3, 0.4) is 0 Å². The number of amidine groups is 1. The van der Waals surface area contributed by atoms with E-state index in [1.165, 1.54) is 12.1 Å². The lowest BCUT2D eigenvalue weighted by Crippen LogP contribution is -2.46. The van der Waals surface area contributed by atoms with Gasteiger partial charge in [0, 0.05) is 6.42 Å². The molecule has 116 valence electrons. The average Bonchev–Trinajstić information content (AvgIpc) is 2.81. The Bertz CT molecular complexity index is 781. The molecule has 7 nitrogen and oxygen atoms in total. The number of fused-ring (bicyclic) bond motifs is 1. The third kappa shape index (κ3) is 2.74. The van der Waals surface area contributed by atoms with Gasteiger partial charge in [0.05, 0.1) is 4.90 Å². The summed E-state index contributed by atoms with van der Waals surface area (Å²) in [6.07, 6.45) is 0.352. The van der Waals surface area contributed by atoms with Crippen LogP contribution >= 0.6 is 0 Å². The molecule has 2 aliphatic rings. The normalized spacial score (nSPS) is 24.2. The highest BCUT2D eigenvalue weighted by Gasteiger charge is 2.35. The van der Waals surface area contributed by atoms with Crippen LogP contribution in [0.15, 0.2) is 39.1 Å². The third-order valence-corrected chi connectivity index (χ3v) is 4.98. The van der Waals surface area contributed by atoms with E-state index in [4.69, 9.17) is 0 Å². The third-order valence-electron chi connectivity index (χ3n) is 3.64. The number of rotatable bonds is 2. The second-order valence-corrected chi connectivity index (χ2v) is 7.23. The van der Waals surface area contributed by atoms with Crippen LogP contribution in [0.5, 0.6) is 0 Å². The van der Waals surface area contributed by atoms with Crippen molar-refractivity contribution in [3.05, 3.63) is 29.8 Å². The van der Waals surface area contributed by atoms with Gasteiger partial charge < -0.3 is 5.32 Å². The molecule has 0 bridgehead atoms. The van der Waals surface area contributed by atoms with Crippen LogP contribution < -0.4 is 10.0 Å². The van der Waals surface area contributed by atoms with Crippen LogP contribution in [0, 0.1) is 12.8 Å². The van der Waals surface area contributed by atoms with E-state index in [1.54, 1.807) is 12.1 Å². The summed E-state index contributed by atoms with van der Waals surface area (Å²) < 4.78 is 27.0. The van der Waals surface area contributed by atoms with Crippen molar-refractivity contribution in [3.63, 3.8) is 0 Å². The minimum Gasteiger partial charge on any atom is -0.312 e. The average molecular weight is 320 g/mol. The smallest absolute Gasteiger partial charge is 0.264 e. The molecule has 2 heterocycles. The Balaban J connectivity index is 1.83. The van der Waals surface area contributed by atoms with E-state index in [9.17, 15) is 13.2 Å². The van der Waals surface area contributed by atoms with Crippen molar-refractivity contribution >= 4 is 27.7 Å². The molecule has 0 radical (unpaired) electrons. The Labute approximate surface area is 128 Å². The molecule has 1 fully saturated rings. The quantitative estimate of drug-likeness (QED) is 0.833. The summed E-state index contributed by atoms with van der Waals surface area (Å²) in [6, 6.07) is 6.20. The molecule has 1 amide bonds. The minimum absolute atomic E-state index is 0.00567. The van der Waals surface area contributed by atoms with E-state index in [2.05, 4.69) is 20.0 Å². The zero-order valence-electron chi connectivity index (χ0n) is 12.2. The predicted molar refractivity (Wildman–Crippen MR) is 82.1 cm³/mol. The predicted octanol–water partition coefficient (Wildman–Crippen LogP) is 0.566. The van der Waals surface area contributed by atoms with E-state index >= 15 is 0 Å². The van der Waals surface area contributed by atoms with Crippen LogP contribution in [0.1, 0.15) is 18.9 Å². The topological polar surface area (TPSA) is 100.0 Å². The molecule has 1 saturated heterocycles. The first kappa shape index (κ1) is 14.7. The SMILES string of the molecule is Cc1ccc(S(=O)(=O)NC2=NC3C(=N2)NC(=O)C[C@H]3C)cc1. The van der Waals surface area contributed by atoms with E-state index in [1.807, 2.05) is 13.8 Å². The molecule has 1 unspecified atom stereocenters. The van der Waals surface area contributed by atoms with Gasteiger partial charge in [-0.05, 0) is 25.0 Å². The molecule has 0 aliphatic carbocycles. The molecule has 1 aromatic rings. The highest BCUT2D eigenvalue weighted by atomic mass is 32.2. The fourth-order valence-electron chi connectivity index (χ4n) is 2.44. The fourth-order valence-corrected chi connectivity index (χ4v) is 3.40. The summed E-state index contributed by atoms with van der Waals surface area (Å²) in [6.45, 7) is 3.77. The number of benzene rings is 1. The molecule has 2 N–H and O–H groups in total. The van der Waals surface area contributed by atoms with Crippen LogP contribution in [-0.4, -0.2) is 32.2 Å². The Hall–Kier alpha value is -2.22. The molecular weight excluding hydrogens is 304 g/mol. The number of aliphatic imine (C=N–C) groups is 2. The molecule has 0 spiro atoms. The van der Waals surface area contributed by atoms with Crippen LogP contribution in [0.25, 0.3) is 0 Å². The maximum absolute atomic E-state index is 12.3. The summed E-state index contributed by atoms with van der Waals surface area (Å²) in [7, 11) is -3.73. The van der Waals surface area contributed by atoms with Crippen molar-refractivity contribution in [2.45, 2.75) is 31.2 Å². The van der Waals surface area contributed by atoms with Crippen LogP contribution in [0.2, 0.25) is 0 Å². The molecule has 8 heteroatoms. The Kier molecular flexibility index (Phi) is 3.48. The molecule has 0 saturated carbocycles. The number of hydrogen-bond donors (Lipinski definition) is 2. The second kappa shape index (κ2) is 5.20. The summed E-state index contributed by atoms with van der Waals surface area (Å²) in [5.74, 6) is 0.286. The Morgan fingerprint density at radius 1 is 1.27 bits per heavy atom. The number of piperidine rings is 1. The van der Waals surface area contributed by atoms with Gasteiger partial charge in [0.1, 0.15) is 11.9 Å². The number of sulfonamides is 1. The van der Waals surface area contributed by atoms with Gasteiger partial charge in [0.25, 0.3) is 10.0 Å². The van der Waals surface area contributed by atoms with Gasteiger partial charge in [0.2, 0.25) is 11.9 Å². The van der Waals surface area contributed by atoms with Crippen molar-refractivity contribution in [1.82, 2.24) is 10.0 Å². The van der Waals surface area contributed by atoms with Crippen molar-refractivity contribution in [2.24, 2.45) is 15.9 Å². The summed E-state index contributed by atoms with van der Waals surface area (Å²) in [4.78, 5) is 20.0. The van der Waals surface area contributed by atoms with Gasteiger partial charge in [0.15, 0.2) is 0 Å². The zero-order valence-corrected chi connectivity index (χ0v) is 13.0. The molecule has 3 rings (SSSR count). The van der Waals surface area contributed by atoms with Crippen LogP contribution in [0.4, 0.5) is 0 Å². The van der Waals surface area contributed by atoms with Gasteiger partial charge in [-0.15, -0.1) is 0 Å². The summed E-state index contributed by atoms with van der Waals surface area (Å²) in [5, 5.41) is 2.63. The first-order valence-electron chi connectivity index (χ1n) is 6.91. The number of carbonyl (C=O) groups excluding carboxylic acids is 1. The number of guanidine groups is 1. The maximum Gasteiger partial charge on any atom is 0.264 e. The molecule has 2 atom stereocenters. The fraction of sp³-hybridized carbons (Fsp3) is 0.357. The van der Waals surface area contributed by atoms with E-state index < -0.39 is 10.0 Å². The number of nitrogens with one attached hydrogen (secondary N) is 2. The lowest BCUT2D eigenvalue weighted by molar-refractivity contribution is -0.121. The Morgan fingerprint density at radius 2 is 1.95 bits per heavy atom. The number of nitrogens with zero attached hydrogens (tertiary/aromatic N) is 2. The largest absolute Gasteiger partial charge is 0.312 e. The summed E-state index contributed by atoms with van der Waals surface area (Å²) >= 11 is 0. The van der Waals surface area contributed by atoms with Gasteiger partial charge in [-0.2, -0.15) is 4.99 Å². The first-order chi connectivity index (χ1) is 10.3. The van der Waals surface area contributed by atoms with Gasteiger partial charge >= 0.3 is 0 Å². The molecule has 22 heavy (non-hydrogen) atoms. The number of hydrogen-bond acceptors (Lipinski definition) is 5. The lowest BCUT2D eigenvalue weighted by atomic mass is 9.94. The standard InChI is InChI=1S/C14H16N4O3S/c1-8-3-5-10(6-4-8)22(20,21)18-14-16-12-9(2)7-11(19)15-13(12)17-14/h3-6,9,12H,7H2,1-2H3,(H2,15,16,17,18,19)/t9-,12?/m1/s1. The minimum atomic E-state index is -3.73. The zero-order chi connectivity index (χ0) is 15.9. The molecule has 0 aromatic heterocycles. The number of aryl methyl sites for hydroxylation is 1. The van der Waals surface area contributed by atoms with Crippen molar-refractivity contribution in [1.29, 1.82) is 0 Å². The van der Waals surface area contributed by atoms with E-state index in [-0.39, 0.29) is 28.7 Å². The molecular formula is C14H16N4O3S.